The number of amides is 1. The highest BCUT2D eigenvalue weighted by molar-refractivity contribution is 5.80. The van der Waals surface area contributed by atoms with Crippen LogP contribution in [0.2, 0.25) is 0 Å². The molecule has 0 spiro atoms. The summed E-state index contributed by atoms with van der Waals surface area (Å²) in [4.78, 5) is 26.5. The summed E-state index contributed by atoms with van der Waals surface area (Å²) in [7, 11) is 0. The van der Waals surface area contributed by atoms with E-state index < -0.39 is 67.4 Å². The van der Waals surface area contributed by atoms with Crippen LogP contribution in [0, 0.1) is 0 Å². The van der Waals surface area contributed by atoms with Crippen LogP contribution in [-0.4, -0.2) is 99.6 Å². The number of aliphatic hydroxyl groups excluding tert-OH is 5. The molecule has 0 saturated carbocycles. The lowest BCUT2D eigenvalue weighted by Crippen LogP contribution is -2.61. The van der Waals surface area contributed by atoms with Gasteiger partial charge in [0.05, 0.1) is 25.4 Å². The van der Waals surface area contributed by atoms with Crippen molar-refractivity contribution >= 4 is 11.9 Å². The molecule has 1 rings (SSSR count). The van der Waals surface area contributed by atoms with Crippen molar-refractivity contribution in [1.29, 1.82) is 0 Å². The standard InChI is InChI=1S/C70H117NO10/c1-4-7-10-13-16-19-22-24-26-28-29-30-31-32-33-34-35-36-38-40-43-46-49-52-55-58-65(75)81-68-67(77)66(76)64(59-72)80-70(68)79-60-61(62(73)56-53-50-47-44-41-21-18-15-12-9-6-3)71-69(78)63(74)57-54-51-48-45-42-39-37-27-25-23-20-17-14-11-8-5-2/h8,11,16-17,19-20,24-27,29-30,32-33,39,42,48,51,53,56,61-64,66-68,70,72-74,76-77H,4-7,9-10,12-15,18,21-23,28,31,34-38,40-41,43-47,49-50,52,54-55,57-60H2,1-3H3,(H,71,78)/b11-8-,19-16-,20-17-,26-24-,27-25-,30-29-,33-32-,42-39-,51-48-,56-53+. The van der Waals surface area contributed by atoms with Crippen molar-refractivity contribution in [2.24, 2.45) is 0 Å². The third kappa shape index (κ3) is 44.3. The molecule has 0 bridgehead atoms. The number of allylic oxidation sites excluding steroid dienone is 19. The van der Waals surface area contributed by atoms with Crippen LogP contribution in [-0.2, 0) is 23.8 Å². The number of aliphatic hydroxyl groups is 5. The van der Waals surface area contributed by atoms with Crippen molar-refractivity contribution < 1.29 is 49.3 Å². The molecule has 1 saturated heterocycles. The van der Waals surface area contributed by atoms with E-state index in [9.17, 15) is 35.1 Å². The average Bonchev–Trinajstić information content (AvgIpc) is 3.50. The number of rotatable bonds is 53. The van der Waals surface area contributed by atoms with Crippen molar-refractivity contribution in [2.45, 2.75) is 294 Å². The molecule has 1 fully saturated rings. The van der Waals surface area contributed by atoms with Crippen LogP contribution >= 0.6 is 0 Å². The Balaban J connectivity index is 2.64. The van der Waals surface area contributed by atoms with Crippen LogP contribution in [0.4, 0.5) is 0 Å². The molecular formula is C70H117NO10. The van der Waals surface area contributed by atoms with Crippen molar-refractivity contribution in [3.8, 4) is 0 Å². The van der Waals surface area contributed by atoms with Gasteiger partial charge in [0.2, 0.25) is 5.91 Å². The first-order valence-electron chi connectivity index (χ1n) is 32.3. The summed E-state index contributed by atoms with van der Waals surface area (Å²) in [5.74, 6) is -1.27. The fourth-order valence-corrected chi connectivity index (χ4v) is 9.26. The Morgan fingerprint density at radius 1 is 0.494 bits per heavy atom. The van der Waals surface area contributed by atoms with Gasteiger partial charge in [-0.1, -0.05) is 251 Å². The molecule has 1 amide bonds. The van der Waals surface area contributed by atoms with Crippen molar-refractivity contribution in [2.75, 3.05) is 13.2 Å². The van der Waals surface area contributed by atoms with Gasteiger partial charge in [0, 0.05) is 6.42 Å². The molecule has 81 heavy (non-hydrogen) atoms. The van der Waals surface area contributed by atoms with E-state index in [4.69, 9.17) is 14.2 Å². The molecule has 462 valence electrons. The predicted octanol–water partition coefficient (Wildman–Crippen LogP) is 15.8. The average molecular weight is 1130 g/mol. The zero-order chi connectivity index (χ0) is 58.9. The third-order valence-corrected chi connectivity index (χ3v) is 14.4. The smallest absolute Gasteiger partial charge is 0.306 e. The fourth-order valence-electron chi connectivity index (χ4n) is 9.26. The number of ether oxygens (including phenoxy) is 3. The maximum absolute atomic E-state index is 13.4. The molecule has 0 aromatic carbocycles. The van der Waals surface area contributed by atoms with Gasteiger partial charge in [-0.05, 0) is 109 Å². The van der Waals surface area contributed by atoms with Crippen LogP contribution in [0.15, 0.2) is 122 Å². The summed E-state index contributed by atoms with van der Waals surface area (Å²) in [5, 5.41) is 56.9. The Hall–Kier alpha value is -3.94. The van der Waals surface area contributed by atoms with Gasteiger partial charge in [0.1, 0.15) is 24.4 Å². The quantitative estimate of drug-likeness (QED) is 0.0195. The molecule has 11 nitrogen and oxygen atoms in total. The zero-order valence-electron chi connectivity index (χ0n) is 51.1. The highest BCUT2D eigenvalue weighted by Crippen LogP contribution is 2.26. The first-order chi connectivity index (χ1) is 39.7. The van der Waals surface area contributed by atoms with Gasteiger partial charge >= 0.3 is 5.97 Å². The number of esters is 1. The van der Waals surface area contributed by atoms with Gasteiger partial charge < -0.3 is 45.1 Å². The van der Waals surface area contributed by atoms with E-state index in [0.29, 0.717) is 12.8 Å². The van der Waals surface area contributed by atoms with Gasteiger partial charge in [0.15, 0.2) is 12.4 Å². The second kappa shape index (κ2) is 56.5. The summed E-state index contributed by atoms with van der Waals surface area (Å²) in [5.41, 5.74) is 0. The van der Waals surface area contributed by atoms with Crippen LogP contribution in [0.25, 0.3) is 0 Å². The molecule has 0 aliphatic carbocycles. The van der Waals surface area contributed by atoms with E-state index in [-0.39, 0.29) is 19.4 Å². The lowest BCUT2D eigenvalue weighted by Gasteiger charge is -2.41. The topological polar surface area (TPSA) is 175 Å². The number of hydrogen-bond donors (Lipinski definition) is 6. The van der Waals surface area contributed by atoms with E-state index in [0.717, 1.165) is 109 Å². The summed E-state index contributed by atoms with van der Waals surface area (Å²) < 4.78 is 17.6. The number of carbonyl (C=O) groups excluding carboxylic acids is 2. The fraction of sp³-hybridized carbons (Fsp3) is 0.686. The number of hydrogen-bond acceptors (Lipinski definition) is 10. The molecule has 6 N–H and O–H groups in total. The highest BCUT2D eigenvalue weighted by Gasteiger charge is 2.47. The molecule has 0 aromatic rings. The van der Waals surface area contributed by atoms with E-state index in [1.807, 2.05) is 18.2 Å². The second-order valence-corrected chi connectivity index (χ2v) is 21.8. The van der Waals surface area contributed by atoms with Crippen molar-refractivity contribution in [1.82, 2.24) is 5.32 Å². The molecule has 1 aliphatic heterocycles. The number of carbonyl (C=O) groups is 2. The maximum atomic E-state index is 13.4. The molecule has 1 heterocycles. The van der Waals surface area contributed by atoms with Gasteiger partial charge in [0.25, 0.3) is 0 Å². The zero-order valence-corrected chi connectivity index (χ0v) is 51.1. The minimum atomic E-state index is -1.63. The molecular weight excluding hydrogens is 1010 g/mol. The van der Waals surface area contributed by atoms with Crippen molar-refractivity contribution in [3.63, 3.8) is 0 Å². The molecule has 11 heteroatoms. The van der Waals surface area contributed by atoms with Crippen LogP contribution in [0.5, 0.6) is 0 Å². The van der Waals surface area contributed by atoms with Crippen LogP contribution in [0.1, 0.15) is 245 Å². The summed E-state index contributed by atoms with van der Waals surface area (Å²) in [6, 6.07) is -1.06. The Morgan fingerprint density at radius 2 is 0.889 bits per heavy atom. The van der Waals surface area contributed by atoms with Gasteiger partial charge in [-0.3, -0.25) is 9.59 Å². The van der Waals surface area contributed by atoms with Gasteiger partial charge in [-0.15, -0.1) is 0 Å². The van der Waals surface area contributed by atoms with Gasteiger partial charge in [-0.2, -0.15) is 0 Å². The van der Waals surface area contributed by atoms with E-state index in [2.05, 4.69) is 123 Å². The molecule has 0 radical (unpaired) electrons. The first kappa shape index (κ1) is 75.1. The van der Waals surface area contributed by atoms with E-state index in [1.165, 1.54) is 89.9 Å². The maximum Gasteiger partial charge on any atom is 0.306 e. The van der Waals surface area contributed by atoms with Crippen LogP contribution < -0.4 is 5.32 Å². The lowest BCUT2D eigenvalue weighted by atomic mass is 9.99. The molecule has 0 aromatic heterocycles. The van der Waals surface area contributed by atoms with Crippen LogP contribution in [0.3, 0.4) is 0 Å². The largest absolute Gasteiger partial charge is 0.454 e. The molecule has 8 atom stereocenters. The monoisotopic (exact) mass is 1130 g/mol. The number of nitrogens with one attached hydrogen (secondary N) is 1. The Morgan fingerprint density at radius 3 is 1.36 bits per heavy atom. The minimum Gasteiger partial charge on any atom is -0.454 e. The Kier molecular flexibility index (Phi) is 52.4. The third-order valence-electron chi connectivity index (χ3n) is 14.4. The SMILES string of the molecule is CC/C=C\C/C=C\C/C=C\C/C=C\C/C=C\CCC(O)C(=O)NC(COC1OC(CO)C(O)C(O)C1OC(=O)CCCCCCCCCCC/C=C\C/C=C\C/C=C\C/C=C\CCCCC)C(O)/C=C/CCCCCCCCCCC. The molecule has 1 aliphatic rings. The number of unbranched alkanes of at least 4 members (excludes halogenated alkanes) is 21. The first-order valence-corrected chi connectivity index (χ1v) is 32.3. The normalized spacial score (nSPS) is 19.5. The van der Waals surface area contributed by atoms with E-state index in [1.54, 1.807) is 6.08 Å². The van der Waals surface area contributed by atoms with Gasteiger partial charge in [-0.25, -0.2) is 0 Å². The molecule has 8 unspecified atom stereocenters. The minimum absolute atomic E-state index is 0.103. The lowest BCUT2D eigenvalue weighted by molar-refractivity contribution is -0.305. The summed E-state index contributed by atoms with van der Waals surface area (Å²) in [6.45, 7) is 5.59. The Labute approximate surface area is 493 Å². The Bertz CT molecular complexity index is 1780. The van der Waals surface area contributed by atoms with Crippen molar-refractivity contribution in [3.05, 3.63) is 122 Å². The predicted molar refractivity (Wildman–Crippen MR) is 338 cm³/mol. The van der Waals surface area contributed by atoms with E-state index >= 15 is 0 Å². The highest BCUT2D eigenvalue weighted by atomic mass is 16.7. The summed E-state index contributed by atoms with van der Waals surface area (Å²) in [6.07, 6.45) is 68.2. The second-order valence-electron chi connectivity index (χ2n) is 21.8. The summed E-state index contributed by atoms with van der Waals surface area (Å²) >= 11 is 0.